The van der Waals surface area contributed by atoms with Crippen LogP contribution in [0.3, 0.4) is 0 Å². The molecule has 0 spiro atoms. The highest BCUT2D eigenvalue weighted by atomic mass is 35.5. The van der Waals surface area contributed by atoms with Crippen LogP contribution in [0.4, 0.5) is 4.39 Å². The van der Waals surface area contributed by atoms with E-state index >= 15 is 0 Å². The molecule has 2 rings (SSSR count). The third kappa shape index (κ3) is 1.53. The predicted molar refractivity (Wildman–Crippen MR) is 58.0 cm³/mol. The summed E-state index contributed by atoms with van der Waals surface area (Å²) in [5.41, 5.74) is 1.68. The summed E-state index contributed by atoms with van der Waals surface area (Å²) >= 11 is 5.48. The molecule has 2 aromatic rings. The van der Waals surface area contributed by atoms with E-state index in [1.165, 1.54) is 12.3 Å². The summed E-state index contributed by atoms with van der Waals surface area (Å²) in [6.07, 6.45) is 1.51. The molecular formula is C11H9ClFNO. The molecule has 1 N–H and O–H groups in total. The van der Waals surface area contributed by atoms with E-state index in [9.17, 15) is 9.18 Å². The van der Waals surface area contributed by atoms with Crippen LogP contribution >= 0.6 is 11.6 Å². The van der Waals surface area contributed by atoms with E-state index in [1.54, 1.807) is 6.07 Å². The lowest BCUT2D eigenvalue weighted by atomic mass is 10.1. The van der Waals surface area contributed by atoms with Crippen LogP contribution in [-0.4, -0.2) is 16.6 Å². The molecule has 0 unspecified atom stereocenters. The van der Waals surface area contributed by atoms with Gasteiger partial charge in [0.15, 0.2) is 5.78 Å². The Hall–Kier alpha value is -1.35. The summed E-state index contributed by atoms with van der Waals surface area (Å²) in [5.74, 6) is -0.649. The molecule has 0 aliphatic heterocycles. The van der Waals surface area contributed by atoms with Crippen LogP contribution < -0.4 is 0 Å². The zero-order valence-electron chi connectivity index (χ0n) is 8.10. The third-order valence-corrected chi connectivity index (χ3v) is 2.66. The predicted octanol–water partition coefficient (Wildman–Crippen LogP) is 3.04. The van der Waals surface area contributed by atoms with Crippen LogP contribution in [0, 0.1) is 12.7 Å². The largest absolute Gasteiger partial charge is 0.358 e. The smallest absolute Gasteiger partial charge is 0.179 e. The van der Waals surface area contributed by atoms with Gasteiger partial charge in [-0.05, 0) is 18.6 Å². The molecule has 0 aliphatic carbocycles. The number of carbonyl (C=O) groups is 1. The molecule has 0 amide bonds. The number of hydrogen-bond acceptors (Lipinski definition) is 1. The monoisotopic (exact) mass is 225 g/mol. The molecule has 4 heteroatoms. The van der Waals surface area contributed by atoms with E-state index in [0.717, 1.165) is 5.56 Å². The van der Waals surface area contributed by atoms with E-state index in [0.29, 0.717) is 16.5 Å². The highest BCUT2D eigenvalue weighted by Gasteiger charge is 2.14. The summed E-state index contributed by atoms with van der Waals surface area (Å²) in [6, 6.07) is 3.03. The van der Waals surface area contributed by atoms with E-state index in [2.05, 4.69) is 4.98 Å². The topological polar surface area (TPSA) is 32.9 Å². The SMILES string of the molecule is Cc1ccc(F)c2[nH]cc(C(=O)CCl)c12. The number of hydrogen-bond donors (Lipinski definition) is 1. The average Bonchev–Trinajstić information content (AvgIpc) is 2.68. The molecule has 0 saturated heterocycles. The van der Waals surface area contributed by atoms with Gasteiger partial charge in [-0.2, -0.15) is 0 Å². The lowest BCUT2D eigenvalue weighted by Gasteiger charge is -2.00. The Kier molecular flexibility index (Phi) is 2.49. The minimum absolute atomic E-state index is 0.0943. The van der Waals surface area contributed by atoms with Crippen LogP contribution in [0.5, 0.6) is 0 Å². The number of aromatic nitrogens is 1. The molecule has 78 valence electrons. The first kappa shape index (κ1) is 10.2. The number of aromatic amines is 1. The van der Waals surface area contributed by atoms with Crippen LogP contribution in [0.15, 0.2) is 18.3 Å². The van der Waals surface area contributed by atoms with E-state index in [-0.39, 0.29) is 17.5 Å². The molecule has 2 nitrogen and oxygen atoms in total. The van der Waals surface area contributed by atoms with Gasteiger partial charge in [-0.1, -0.05) is 6.07 Å². The number of H-pyrrole nitrogens is 1. The second-order valence-corrected chi connectivity index (χ2v) is 3.64. The zero-order valence-corrected chi connectivity index (χ0v) is 8.86. The Morgan fingerprint density at radius 3 is 2.93 bits per heavy atom. The molecule has 1 aromatic carbocycles. The van der Waals surface area contributed by atoms with Crippen molar-refractivity contribution in [3.8, 4) is 0 Å². The van der Waals surface area contributed by atoms with Crippen LogP contribution in [-0.2, 0) is 0 Å². The first-order valence-electron chi connectivity index (χ1n) is 4.50. The molecule has 0 radical (unpaired) electrons. The molecule has 1 heterocycles. The van der Waals surface area contributed by atoms with Gasteiger partial charge in [-0.15, -0.1) is 11.6 Å². The number of fused-ring (bicyclic) bond motifs is 1. The molecule has 0 bridgehead atoms. The Morgan fingerprint density at radius 2 is 2.27 bits per heavy atom. The Labute approximate surface area is 91.0 Å². The number of aryl methyl sites for hydroxylation is 1. The van der Waals surface area contributed by atoms with E-state index in [4.69, 9.17) is 11.6 Å². The van der Waals surface area contributed by atoms with Gasteiger partial charge in [0.25, 0.3) is 0 Å². The Morgan fingerprint density at radius 1 is 1.53 bits per heavy atom. The standard InChI is InChI=1S/C11H9ClFNO/c1-6-2-3-8(13)11-10(6)7(5-14-11)9(15)4-12/h2-3,5,14H,4H2,1H3. The number of rotatable bonds is 2. The second-order valence-electron chi connectivity index (χ2n) is 3.37. The van der Waals surface area contributed by atoms with E-state index < -0.39 is 0 Å². The molecular weight excluding hydrogens is 217 g/mol. The first-order valence-corrected chi connectivity index (χ1v) is 5.04. The zero-order chi connectivity index (χ0) is 11.0. The molecule has 0 atom stereocenters. The quantitative estimate of drug-likeness (QED) is 0.619. The fourth-order valence-corrected chi connectivity index (χ4v) is 1.82. The second kappa shape index (κ2) is 3.66. The van der Waals surface area contributed by atoms with Crippen molar-refractivity contribution in [2.75, 3.05) is 5.88 Å². The summed E-state index contributed by atoms with van der Waals surface area (Å²) in [5, 5.41) is 0.626. The lowest BCUT2D eigenvalue weighted by Crippen LogP contribution is -1.99. The van der Waals surface area contributed by atoms with Crippen molar-refractivity contribution in [1.29, 1.82) is 0 Å². The van der Waals surface area contributed by atoms with Crippen molar-refractivity contribution >= 4 is 28.3 Å². The lowest BCUT2D eigenvalue weighted by molar-refractivity contribution is 0.102. The van der Waals surface area contributed by atoms with Gasteiger partial charge in [0.2, 0.25) is 0 Å². The molecule has 0 aliphatic rings. The van der Waals surface area contributed by atoms with Gasteiger partial charge < -0.3 is 4.98 Å². The summed E-state index contributed by atoms with van der Waals surface area (Å²) in [7, 11) is 0. The maximum Gasteiger partial charge on any atom is 0.179 e. The van der Waals surface area contributed by atoms with Crippen molar-refractivity contribution in [3.63, 3.8) is 0 Å². The molecule has 0 fully saturated rings. The van der Waals surface area contributed by atoms with Crippen molar-refractivity contribution in [1.82, 2.24) is 4.98 Å². The van der Waals surface area contributed by atoms with Gasteiger partial charge in [0.05, 0.1) is 11.4 Å². The van der Waals surface area contributed by atoms with Crippen molar-refractivity contribution in [2.24, 2.45) is 0 Å². The number of Topliss-reactive ketones (excluding diaryl/α,β-unsaturated/α-hetero) is 1. The van der Waals surface area contributed by atoms with Gasteiger partial charge in [-0.25, -0.2) is 4.39 Å². The van der Waals surface area contributed by atoms with Gasteiger partial charge in [0, 0.05) is 17.1 Å². The third-order valence-electron chi connectivity index (χ3n) is 2.41. The number of carbonyl (C=O) groups excluding carboxylic acids is 1. The maximum absolute atomic E-state index is 13.4. The number of benzene rings is 1. The van der Waals surface area contributed by atoms with Gasteiger partial charge >= 0.3 is 0 Å². The number of ketones is 1. The molecule has 1 aromatic heterocycles. The van der Waals surface area contributed by atoms with Crippen molar-refractivity contribution in [2.45, 2.75) is 6.92 Å². The highest BCUT2D eigenvalue weighted by molar-refractivity contribution is 6.32. The normalized spacial score (nSPS) is 10.9. The highest BCUT2D eigenvalue weighted by Crippen LogP contribution is 2.25. The summed E-state index contributed by atoms with van der Waals surface area (Å²) < 4.78 is 13.4. The van der Waals surface area contributed by atoms with Crippen molar-refractivity contribution < 1.29 is 9.18 Å². The Bertz CT molecular complexity index is 533. The van der Waals surface area contributed by atoms with Crippen LogP contribution in [0.1, 0.15) is 15.9 Å². The first-order chi connectivity index (χ1) is 7.15. The Balaban J connectivity index is 2.79. The minimum atomic E-state index is -0.357. The molecule has 15 heavy (non-hydrogen) atoms. The average molecular weight is 226 g/mol. The van der Waals surface area contributed by atoms with Crippen LogP contribution in [0.25, 0.3) is 10.9 Å². The number of halogens is 2. The fraction of sp³-hybridized carbons (Fsp3) is 0.182. The number of alkyl halides is 1. The summed E-state index contributed by atoms with van der Waals surface area (Å²) in [6.45, 7) is 1.83. The molecule has 0 saturated carbocycles. The fourth-order valence-electron chi connectivity index (χ4n) is 1.68. The van der Waals surface area contributed by atoms with Crippen molar-refractivity contribution in [3.05, 3.63) is 35.3 Å². The minimum Gasteiger partial charge on any atom is -0.358 e. The van der Waals surface area contributed by atoms with Crippen LogP contribution in [0.2, 0.25) is 0 Å². The number of nitrogens with one attached hydrogen (secondary N) is 1. The van der Waals surface area contributed by atoms with E-state index in [1.807, 2.05) is 6.92 Å². The summed E-state index contributed by atoms with van der Waals surface area (Å²) in [4.78, 5) is 14.2. The maximum atomic E-state index is 13.4. The van der Waals surface area contributed by atoms with Gasteiger partial charge in [-0.3, -0.25) is 4.79 Å². The van der Waals surface area contributed by atoms with Gasteiger partial charge in [0.1, 0.15) is 5.82 Å².